The van der Waals surface area contributed by atoms with Gasteiger partial charge in [-0.05, 0) is 51.7 Å². The summed E-state index contributed by atoms with van der Waals surface area (Å²) in [6, 6.07) is 5.06. The standard InChI is InChI=1S/C10H11ClO3.C2H7N/c1-6-5-8(11)3-4-9(6)14-7(2)10(12)13;1-3-2/h3-5,7H,1-2H3,(H,12,13);3H,1-2H3. The second-order valence-electron chi connectivity index (χ2n) is 3.51. The number of benzene rings is 1. The minimum absolute atomic E-state index is 0.546. The van der Waals surface area contributed by atoms with Gasteiger partial charge in [0.15, 0.2) is 6.10 Å². The molecule has 2 N–H and O–H groups in total. The lowest BCUT2D eigenvalue weighted by atomic mass is 10.2. The molecule has 1 unspecified atom stereocenters. The van der Waals surface area contributed by atoms with Crippen molar-refractivity contribution in [1.82, 2.24) is 5.32 Å². The summed E-state index contributed by atoms with van der Waals surface area (Å²) in [6.07, 6.45) is -0.852. The Morgan fingerprint density at radius 2 is 2.00 bits per heavy atom. The molecule has 0 aliphatic heterocycles. The van der Waals surface area contributed by atoms with Crippen LogP contribution in [0.3, 0.4) is 0 Å². The first-order valence-corrected chi connectivity index (χ1v) is 5.54. The first kappa shape index (κ1) is 15.7. The Balaban J connectivity index is 0.000000770. The molecule has 0 aliphatic rings. The van der Waals surface area contributed by atoms with Gasteiger partial charge in [0.2, 0.25) is 0 Å². The summed E-state index contributed by atoms with van der Waals surface area (Å²) in [5.41, 5.74) is 0.825. The monoisotopic (exact) mass is 259 g/mol. The van der Waals surface area contributed by atoms with E-state index in [0.29, 0.717) is 10.8 Å². The van der Waals surface area contributed by atoms with Crippen molar-refractivity contribution in [2.75, 3.05) is 14.1 Å². The maximum absolute atomic E-state index is 10.5. The fourth-order valence-electron chi connectivity index (χ4n) is 0.986. The molecule has 0 amide bonds. The number of carbonyl (C=O) groups is 1. The number of carboxylic acids is 1. The van der Waals surface area contributed by atoms with Gasteiger partial charge in [0.05, 0.1) is 0 Å². The highest BCUT2D eigenvalue weighted by molar-refractivity contribution is 6.30. The lowest BCUT2D eigenvalue weighted by molar-refractivity contribution is -0.144. The molecule has 0 heterocycles. The summed E-state index contributed by atoms with van der Waals surface area (Å²) in [5, 5.41) is 12.0. The maximum Gasteiger partial charge on any atom is 0.344 e. The van der Waals surface area contributed by atoms with Gasteiger partial charge in [-0.25, -0.2) is 4.79 Å². The molecule has 1 aromatic rings. The van der Waals surface area contributed by atoms with Crippen LogP contribution in [0.25, 0.3) is 0 Å². The number of halogens is 1. The third-order valence-electron chi connectivity index (χ3n) is 1.79. The van der Waals surface area contributed by atoms with Crippen molar-refractivity contribution < 1.29 is 14.6 Å². The van der Waals surface area contributed by atoms with Crippen LogP contribution in [0.15, 0.2) is 18.2 Å². The quantitative estimate of drug-likeness (QED) is 0.875. The molecule has 0 fully saturated rings. The van der Waals surface area contributed by atoms with E-state index in [2.05, 4.69) is 5.32 Å². The summed E-state index contributed by atoms with van der Waals surface area (Å²) in [5.74, 6) is -0.441. The van der Waals surface area contributed by atoms with Crippen molar-refractivity contribution in [3.63, 3.8) is 0 Å². The van der Waals surface area contributed by atoms with Gasteiger partial charge in [0.1, 0.15) is 5.75 Å². The largest absolute Gasteiger partial charge is 0.479 e. The van der Waals surface area contributed by atoms with E-state index in [-0.39, 0.29) is 0 Å². The van der Waals surface area contributed by atoms with Crippen LogP contribution in [0.4, 0.5) is 0 Å². The predicted molar refractivity (Wildman–Crippen MR) is 68.9 cm³/mol. The zero-order chi connectivity index (χ0) is 13.4. The number of aliphatic carboxylic acids is 1. The van der Waals surface area contributed by atoms with Crippen LogP contribution >= 0.6 is 11.6 Å². The minimum Gasteiger partial charge on any atom is -0.479 e. The third-order valence-corrected chi connectivity index (χ3v) is 2.02. The molecule has 0 aliphatic carbocycles. The minimum atomic E-state index is -0.987. The van der Waals surface area contributed by atoms with Gasteiger partial charge in [-0.2, -0.15) is 0 Å². The zero-order valence-corrected chi connectivity index (χ0v) is 11.2. The summed E-state index contributed by atoms with van der Waals surface area (Å²) in [6.45, 7) is 3.30. The Morgan fingerprint density at radius 1 is 1.47 bits per heavy atom. The average molecular weight is 260 g/mol. The molecular weight excluding hydrogens is 242 g/mol. The van der Waals surface area contributed by atoms with Gasteiger partial charge in [-0.15, -0.1) is 0 Å². The van der Waals surface area contributed by atoms with Crippen molar-refractivity contribution in [2.24, 2.45) is 0 Å². The van der Waals surface area contributed by atoms with Gasteiger partial charge >= 0.3 is 5.97 Å². The number of carboxylic acid groups (broad SMARTS) is 1. The fraction of sp³-hybridized carbons (Fsp3) is 0.417. The van der Waals surface area contributed by atoms with Crippen LogP contribution in [0.2, 0.25) is 5.02 Å². The summed E-state index contributed by atoms with van der Waals surface area (Å²) < 4.78 is 5.20. The highest BCUT2D eigenvalue weighted by Crippen LogP contribution is 2.22. The van der Waals surface area contributed by atoms with Crippen LogP contribution in [-0.2, 0) is 4.79 Å². The second-order valence-corrected chi connectivity index (χ2v) is 3.94. The average Bonchev–Trinajstić information content (AvgIpc) is 2.23. The SMILES string of the molecule is CNC.Cc1cc(Cl)ccc1OC(C)C(=O)O. The van der Waals surface area contributed by atoms with Crippen molar-refractivity contribution in [2.45, 2.75) is 20.0 Å². The molecule has 17 heavy (non-hydrogen) atoms. The molecule has 0 aromatic heterocycles. The lowest BCUT2D eigenvalue weighted by Crippen LogP contribution is -2.23. The third kappa shape index (κ3) is 6.14. The molecule has 4 nitrogen and oxygen atoms in total. The number of aryl methyl sites for hydroxylation is 1. The van der Waals surface area contributed by atoms with E-state index in [4.69, 9.17) is 21.4 Å². The van der Waals surface area contributed by atoms with Crippen LogP contribution in [0.5, 0.6) is 5.75 Å². The van der Waals surface area contributed by atoms with E-state index in [0.717, 1.165) is 5.56 Å². The van der Waals surface area contributed by atoms with Gasteiger partial charge in [0, 0.05) is 5.02 Å². The van der Waals surface area contributed by atoms with E-state index in [1.54, 1.807) is 18.2 Å². The van der Waals surface area contributed by atoms with E-state index >= 15 is 0 Å². The summed E-state index contributed by atoms with van der Waals surface area (Å²) in [7, 11) is 3.75. The highest BCUT2D eigenvalue weighted by atomic mass is 35.5. The summed E-state index contributed by atoms with van der Waals surface area (Å²) >= 11 is 5.74. The Hall–Kier alpha value is -1.26. The van der Waals surface area contributed by atoms with Crippen molar-refractivity contribution >= 4 is 17.6 Å². The molecule has 1 rings (SSSR count). The number of nitrogens with one attached hydrogen (secondary N) is 1. The molecule has 5 heteroatoms. The fourth-order valence-corrected chi connectivity index (χ4v) is 1.21. The molecule has 1 atom stereocenters. The zero-order valence-electron chi connectivity index (χ0n) is 10.5. The molecule has 0 bridgehead atoms. The maximum atomic E-state index is 10.5. The van der Waals surface area contributed by atoms with Gasteiger partial charge in [0.25, 0.3) is 0 Å². The highest BCUT2D eigenvalue weighted by Gasteiger charge is 2.13. The smallest absolute Gasteiger partial charge is 0.344 e. The van der Waals surface area contributed by atoms with Crippen molar-refractivity contribution in [3.8, 4) is 5.75 Å². The molecular formula is C12H18ClNO3. The van der Waals surface area contributed by atoms with E-state index in [1.807, 2.05) is 21.0 Å². The Bertz CT molecular complexity index is 369. The molecule has 0 saturated heterocycles. The van der Waals surface area contributed by atoms with E-state index in [1.165, 1.54) is 6.92 Å². The Morgan fingerprint density at radius 3 is 2.41 bits per heavy atom. The Kier molecular flexibility index (Phi) is 7.34. The van der Waals surface area contributed by atoms with Gasteiger partial charge in [-0.3, -0.25) is 0 Å². The second kappa shape index (κ2) is 7.92. The van der Waals surface area contributed by atoms with E-state index < -0.39 is 12.1 Å². The predicted octanol–water partition coefficient (Wildman–Crippen LogP) is 2.34. The van der Waals surface area contributed by atoms with Crippen LogP contribution in [0.1, 0.15) is 12.5 Å². The number of ether oxygens (including phenoxy) is 1. The Labute approximate surface area is 107 Å². The molecule has 96 valence electrons. The normalized spacial score (nSPS) is 11.1. The van der Waals surface area contributed by atoms with Crippen LogP contribution in [0, 0.1) is 6.92 Å². The van der Waals surface area contributed by atoms with E-state index in [9.17, 15) is 4.79 Å². The number of hydrogen-bond donors (Lipinski definition) is 2. The molecule has 0 saturated carbocycles. The first-order chi connectivity index (χ1) is 7.92. The van der Waals surface area contributed by atoms with Gasteiger partial charge < -0.3 is 15.2 Å². The van der Waals surface area contributed by atoms with Crippen LogP contribution in [-0.4, -0.2) is 31.3 Å². The molecule has 0 spiro atoms. The van der Waals surface area contributed by atoms with Crippen LogP contribution < -0.4 is 10.1 Å². The first-order valence-electron chi connectivity index (χ1n) is 5.16. The topological polar surface area (TPSA) is 58.6 Å². The number of hydrogen-bond acceptors (Lipinski definition) is 3. The lowest BCUT2D eigenvalue weighted by Gasteiger charge is -2.12. The summed E-state index contributed by atoms with van der Waals surface area (Å²) in [4.78, 5) is 10.5. The molecule has 1 aromatic carbocycles. The van der Waals surface area contributed by atoms with Gasteiger partial charge in [-0.1, -0.05) is 11.6 Å². The van der Waals surface area contributed by atoms with Crippen molar-refractivity contribution in [1.29, 1.82) is 0 Å². The molecule has 0 radical (unpaired) electrons. The van der Waals surface area contributed by atoms with Crippen molar-refractivity contribution in [3.05, 3.63) is 28.8 Å². The number of rotatable bonds is 3.